The summed E-state index contributed by atoms with van der Waals surface area (Å²) < 4.78 is 0. The average Bonchev–Trinajstić information content (AvgIpc) is 2.60. The minimum absolute atomic E-state index is 0. The van der Waals surface area contributed by atoms with Crippen LogP contribution in [0.4, 0.5) is 0 Å². The van der Waals surface area contributed by atoms with E-state index >= 15 is 0 Å². The van der Waals surface area contributed by atoms with Gasteiger partial charge in [0.25, 0.3) is 0 Å². The molecule has 3 rings (SSSR count). The Morgan fingerprint density at radius 1 is 0.458 bits per heavy atom. The van der Waals surface area contributed by atoms with E-state index in [9.17, 15) is 0 Å². The van der Waals surface area contributed by atoms with E-state index in [1.807, 2.05) is 91.0 Å². The molecule has 24 heavy (non-hydrogen) atoms. The van der Waals surface area contributed by atoms with Gasteiger partial charge in [0.15, 0.2) is 0 Å². The first-order valence-electron chi connectivity index (χ1n) is 7.24. The van der Waals surface area contributed by atoms with Crippen molar-refractivity contribution in [2.75, 3.05) is 7.11 Å². The van der Waals surface area contributed by atoms with Crippen molar-refractivity contribution in [2.45, 2.75) is 0 Å². The van der Waals surface area contributed by atoms with Gasteiger partial charge in [-0.15, -0.1) is 36.4 Å². The maximum Gasteiger partial charge on any atom is 3.00 e. The van der Waals surface area contributed by atoms with Crippen LogP contribution in [-0.4, -0.2) is 12.2 Å². The molecule has 0 aromatic heterocycles. The maximum atomic E-state index is 7.00. The molecule has 1 N–H and O–H groups in total. The third kappa shape index (κ3) is 15.0. The monoisotopic (exact) mass is 395 g/mol. The Bertz CT molecular complexity index is 491. The number of aliphatic hydroxyl groups is 1. The molecule has 0 aliphatic rings. The summed E-state index contributed by atoms with van der Waals surface area (Å²) in [6.45, 7) is 11.2. The number of hydrogen-bond acceptors (Lipinski definition) is 1. The summed E-state index contributed by atoms with van der Waals surface area (Å²) in [5.74, 6) is 0. The van der Waals surface area contributed by atoms with E-state index < -0.39 is 0 Å². The molecule has 1 nitrogen and oxygen atoms in total. The summed E-state index contributed by atoms with van der Waals surface area (Å²) >= 11 is 0. The second kappa shape index (κ2) is 17.5. The van der Waals surface area contributed by atoms with Crippen molar-refractivity contribution < 1.29 is 31.3 Å². The van der Waals surface area contributed by atoms with Crippen molar-refractivity contribution >= 4 is 0 Å². The molecule has 0 fully saturated rings. The summed E-state index contributed by atoms with van der Waals surface area (Å²) in [5.41, 5.74) is 3.22. The second-order valence-corrected chi connectivity index (χ2v) is 4.46. The van der Waals surface area contributed by atoms with Gasteiger partial charge in [-0.1, -0.05) is 18.2 Å². The molecule has 0 bridgehead atoms. The summed E-state index contributed by atoms with van der Waals surface area (Å²) in [6, 6.07) is 29.6. The molecule has 0 saturated heterocycles. The number of benzene rings is 3. The van der Waals surface area contributed by atoms with E-state index in [0.29, 0.717) is 0 Å². The summed E-state index contributed by atoms with van der Waals surface area (Å²) in [7, 11) is 1.00. The van der Waals surface area contributed by atoms with E-state index in [2.05, 4.69) is 20.8 Å². The molecule has 0 amide bonds. The normalized spacial score (nSPS) is 7.75. The van der Waals surface area contributed by atoms with Crippen LogP contribution in [0.15, 0.2) is 91.0 Å². The van der Waals surface area contributed by atoms with E-state index in [0.717, 1.165) is 23.8 Å². The van der Waals surface area contributed by atoms with Gasteiger partial charge in [0.05, 0.1) is 0 Å². The maximum absolute atomic E-state index is 7.00. The van der Waals surface area contributed by atoms with Crippen molar-refractivity contribution in [3.63, 3.8) is 0 Å². The predicted octanol–water partition coefficient (Wildman–Crippen LogP) is 5.21. The molecule has 1 radical (unpaired) electrons. The molecule has 2 heteroatoms. The molecular formula is C22H25OZr. The Morgan fingerprint density at radius 2 is 0.625 bits per heavy atom. The van der Waals surface area contributed by atoms with Crippen LogP contribution in [0, 0.1) is 20.8 Å². The molecule has 0 atom stereocenters. The molecule has 0 aliphatic carbocycles. The summed E-state index contributed by atoms with van der Waals surface area (Å²) in [4.78, 5) is 0. The SMILES string of the molecule is CO.[CH2-]c1ccccc1.[CH2-]c1ccccc1.[CH2-]c1ccccc1.[Zr+3]. The molecule has 123 valence electrons. The van der Waals surface area contributed by atoms with Crippen molar-refractivity contribution in [2.24, 2.45) is 0 Å². The summed E-state index contributed by atoms with van der Waals surface area (Å²) in [6.07, 6.45) is 0. The number of hydrogen-bond donors (Lipinski definition) is 1. The zero-order chi connectivity index (χ0) is 17.3. The smallest absolute Gasteiger partial charge is 0.400 e. The quantitative estimate of drug-likeness (QED) is 0.517. The van der Waals surface area contributed by atoms with E-state index in [4.69, 9.17) is 5.11 Å². The first-order valence-corrected chi connectivity index (χ1v) is 7.24. The van der Waals surface area contributed by atoms with Gasteiger partial charge in [-0.05, 0) is 0 Å². The summed E-state index contributed by atoms with van der Waals surface area (Å²) in [5, 5.41) is 7.00. The Kier molecular flexibility index (Phi) is 17.7. The van der Waals surface area contributed by atoms with E-state index in [1.165, 1.54) is 0 Å². The van der Waals surface area contributed by atoms with Gasteiger partial charge in [0, 0.05) is 7.11 Å². The van der Waals surface area contributed by atoms with Crippen LogP contribution < -0.4 is 0 Å². The van der Waals surface area contributed by atoms with E-state index in [-0.39, 0.29) is 26.2 Å². The van der Waals surface area contributed by atoms with Crippen molar-refractivity contribution in [1.29, 1.82) is 0 Å². The van der Waals surface area contributed by atoms with Crippen LogP contribution in [0.2, 0.25) is 0 Å². The molecule has 3 aromatic carbocycles. The third-order valence-corrected chi connectivity index (χ3v) is 2.53. The van der Waals surface area contributed by atoms with Crippen molar-refractivity contribution in [3.05, 3.63) is 128 Å². The Balaban J connectivity index is 0. The van der Waals surface area contributed by atoms with Gasteiger partial charge in [0.1, 0.15) is 0 Å². The predicted molar refractivity (Wildman–Crippen MR) is 101 cm³/mol. The van der Waals surface area contributed by atoms with Gasteiger partial charge >= 0.3 is 26.2 Å². The molecule has 0 aliphatic heterocycles. The van der Waals surface area contributed by atoms with Crippen LogP contribution in [0.25, 0.3) is 0 Å². The molecule has 0 spiro atoms. The van der Waals surface area contributed by atoms with Gasteiger partial charge in [-0.2, -0.15) is 73.9 Å². The molecule has 0 unspecified atom stereocenters. The third-order valence-electron chi connectivity index (χ3n) is 2.53. The number of aliphatic hydroxyl groups excluding tert-OH is 1. The Morgan fingerprint density at radius 3 is 0.708 bits per heavy atom. The standard InChI is InChI=1S/3C7H7.CH4O.Zr/c3*1-7-5-3-2-4-6-7;1-2;/h3*2-6H,1H2;2H,1H3;/q3*-1;;+3. The molecule has 0 heterocycles. The largest absolute Gasteiger partial charge is 3.00 e. The minimum Gasteiger partial charge on any atom is -0.400 e. The van der Waals surface area contributed by atoms with Gasteiger partial charge in [-0.3, -0.25) is 0 Å². The first-order chi connectivity index (χ1) is 11.2. The van der Waals surface area contributed by atoms with Crippen LogP contribution >= 0.6 is 0 Å². The average molecular weight is 397 g/mol. The van der Waals surface area contributed by atoms with Crippen molar-refractivity contribution in [3.8, 4) is 0 Å². The number of rotatable bonds is 0. The van der Waals surface area contributed by atoms with Crippen LogP contribution in [0.5, 0.6) is 0 Å². The molecule has 0 saturated carbocycles. The van der Waals surface area contributed by atoms with Gasteiger partial charge in [0.2, 0.25) is 0 Å². The van der Waals surface area contributed by atoms with Crippen molar-refractivity contribution in [1.82, 2.24) is 0 Å². The van der Waals surface area contributed by atoms with Gasteiger partial charge in [-0.25, -0.2) is 0 Å². The van der Waals surface area contributed by atoms with Gasteiger partial charge < -0.3 is 5.11 Å². The topological polar surface area (TPSA) is 20.2 Å². The fourth-order valence-corrected chi connectivity index (χ4v) is 1.43. The molecular weight excluding hydrogens is 371 g/mol. The van der Waals surface area contributed by atoms with Crippen LogP contribution in [-0.2, 0) is 26.2 Å². The minimum atomic E-state index is 0. The van der Waals surface area contributed by atoms with Crippen LogP contribution in [0.3, 0.4) is 0 Å². The fraction of sp³-hybridized carbons (Fsp3) is 0.0455. The molecule has 3 aromatic rings. The Labute approximate surface area is 166 Å². The second-order valence-electron chi connectivity index (χ2n) is 4.46. The van der Waals surface area contributed by atoms with Crippen LogP contribution in [0.1, 0.15) is 16.7 Å². The zero-order valence-electron chi connectivity index (χ0n) is 14.2. The fourth-order valence-electron chi connectivity index (χ4n) is 1.43. The zero-order valence-corrected chi connectivity index (χ0v) is 16.7. The van der Waals surface area contributed by atoms with E-state index in [1.54, 1.807) is 0 Å². The first kappa shape index (κ1) is 24.4. The Hall–Kier alpha value is -1.89.